The molecule has 1 aromatic heterocycles. The van der Waals surface area contributed by atoms with Crippen LogP contribution in [0.5, 0.6) is 0 Å². The van der Waals surface area contributed by atoms with E-state index >= 15 is 0 Å². The molecule has 2 aromatic carbocycles. The number of hydrogen-bond acceptors (Lipinski definition) is 2. The minimum atomic E-state index is -0.0350. The van der Waals surface area contributed by atoms with Crippen LogP contribution in [0.2, 0.25) is 0 Å². The Morgan fingerprint density at radius 1 is 1.12 bits per heavy atom. The molecule has 0 fully saturated rings. The summed E-state index contributed by atoms with van der Waals surface area (Å²) in [5, 5.41) is 7.36. The lowest BCUT2D eigenvalue weighted by atomic mass is 10.1. The molecule has 0 unspecified atom stereocenters. The van der Waals surface area contributed by atoms with Gasteiger partial charge in [-0.2, -0.15) is 0 Å². The normalized spacial score (nSPS) is 10.9. The first-order valence-electron chi connectivity index (χ1n) is 8.26. The summed E-state index contributed by atoms with van der Waals surface area (Å²) in [7, 11) is 1.79. The van der Waals surface area contributed by atoms with Crippen molar-refractivity contribution in [3.8, 4) is 5.69 Å². The third-order valence-electron chi connectivity index (χ3n) is 4.10. The van der Waals surface area contributed by atoms with E-state index in [4.69, 9.17) is 12.2 Å². The topological polar surface area (TPSA) is 51.0 Å². The Hall–Kier alpha value is -2.60. The Kier molecular flexibility index (Phi) is 4.63. The molecule has 0 atom stereocenters. The highest BCUT2D eigenvalue weighted by atomic mass is 32.1. The highest BCUT2D eigenvalue weighted by Gasteiger charge is 2.13. The van der Waals surface area contributed by atoms with Gasteiger partial charge in [0.1, 0.15) is 0 Å². The molecule has 0 aliphatic rings. The van der Waals surface area contributed by atoms with Crippen LogP contribution in [0.1, 0.15) is 18.1 Å². The van der Waals surface area contributed by atoms with E-state index < -0.39 is 0 Å². The molecular weight excluding hydrogens is 332 g/mol. The van der Waals surface area contributed by atoms with Gasteiger partial charge in [0.25, 0.3) is 5.56 Å². The van der Waals surface area contributed by atoms with E-state index in [9.17, 15) is 4.79 Å². The summed E-state index contributed by atoms with van der Waals surface area (Å²) in [5.74, 6) is 0. The molecule has 6 heteroatoms. The zero-order valence-corrected chi connectivity index (χ0v) is 15.7. The van der Waals surface area contributed by atoms with Gasteiger partial charge in [-0.3, -0.25) is 9.48 Å². The largest absolute Gasteiger partial charge is 0.363 e. The summed E-state index contributed by atoms with van der Waals surface area (Å²) >= 11 is 5.22. The van der Waals surface area contributed by atoms with Crippen LogP contribution in [0.25, 0.3) is 16.6 Å². The number of thiocarbonyl (C=S) groups is 1. The van der Waals surface area contributed by atoms with Crippen molar-refractivity contribution in [2.24, 2.45) is 7.05 Å². The van der Waals surface area contributed by atoms with E-state index in [1.54, 1.807) is 11.7 Å². The monoisotopic (exact) mass is 354 g/mol. The molecule has 0 aliphatic heterocycles. The summed E-state index contributed by atoms with van der Waals surface area (Å²) in [4.78, 5) is 12.7. The average molecular weight is 354 g/mol. The van der Waals surface area contributed by atoms with Crippen molar-refractivity contribution in [2.75, 3.05) is 11.9 Å². The summed E-state index contributed by atoms with van der Waals surface area (Å²) < 4.78 is 3.59. The molecule has 3 aromatic rings. The number of benzene rings is 2. The second-order valence-electron chi connectivity index (χ2n) is 6.20. The number of aryl methyl sites for hydroxylation is 2. The SMILES string of the molecule is CCNC(=S)Nc1ccc2c(c1)c(=O)n(C)n2-c1cc(C)cc(C)c1. The van der Waals surface area contributed by atoms with Crippen molar-refractivity contribution in [3.05, 3.63) is 57.9 Å². The minimum Gasteiger partial charge on any atom is -0.363 e. The Bertz CT molecular complexity index is 996. The molecule has 25 heavy (non-hydrogen) atoms. The maximum Gasteiger partial charge on any atom is 0.274 e. The number of anilines is 1. The second kappa shape index (κ2) is 6.72. The fraction of sp³-hybridized carbons (Fsp3) is 0.263. The van der Waals surface area contributed by atoms with Crippen LogP contribution in [0.4, 0.5) is 5.69 Å². The van der Waals surface area contributed by atoms with E-state index in [1.165, 1.54) is 11.1 Å². The molecule has 0 amide bonds. The predicted octanol–water partition coefficient (Wildman–Crippen LogP) is 3.25. The highest BCUT2D eigenvalue weighted by Crippen LogP contribution is 2.22. The molecule has 0 aliphatic carbocycles. The van der Waals surface area contributed by atoms with Gasteiger partial charge in [0.05, 0.1) is 16.6 Å². The molecule has 0 bridgehead atoms. The van der Waals surface area contributed by atoms with Crippen LogP contribution in [0.3, 0.4) is 0 Å². The summed E-state index contributed by atoms with van der Waals surface area (Å²) in [5.41, 5.74) is 4.95. The predicted molar refractivity (Wildman–Crippen MR) is 108 cm³/mol. The Balaban J connectivity index is 2.14. The van der Waals surface area contributed by atoms with Gasteiger partial charge in [-0.15, -0.1) is 0 Å². The van der Waals surface area contributed by atoms with E-state index in [-0.39, 0.29) is 5.56 Å². The number of fused-ring (bicyclic) bond motifs is 1. The van der Waals surface area contributed by atoms with E-state index in [2.05, 4.69) is 42.7 Å². The number of aromatic nitrogens is 2. The van der Waals surface area contributed by atoms with Crippen molar-refractivity contribution in [2.45, 2.75) is 20.8 Å². The van der Waals surface area contributed by atoms with Crippen LogP contribution in [-0.4, -0.2) is 21.0 Å². The fourth-order valence-electron chi connectivity index (χ4n) is 3.12. The summed E-state index contributed by atoms with van der Waals surface area (Å²) in [6.07, 6.45) is 0. The first-order valence-corrected chi connectivity index (χ1v) is 8.67. The Labute approximate surface area is 152 Å². The van der Waals surface area contributed by atoms with Gasteiger partial charge in [0, 0.05) is 19.3 Å². The molecule has 130 valence electrons. The van der Waals surface area contributed by atoms with Gasteiger partial charge in [0.15, 0.2) is 5.11 Å². The summed E-state index contributed by atoms with van der Waals surface area (Å²) in [6, 6.07) is 12.0. The lowest BCUT2D eigenvalue weighted by Gasteiger charge is -2.12. The maximum absolute atomic E-state index is 12.7. The fourth-order valence-corrected chi connectivity index (χ4v) is 3.38. The van der Waals surface area contributed by atoms with Gasteiger partial charge < -0.3 is 10.6 Å². The van der Waals surface area contributed by atoms with Gasteiger partial charge in [-0.05, 0) is 74.4 Å². The van der Waals surface area contributed by atoms with Crippen LogP contribution in [0.15, 0.2) is 41.2 Å². The van der Waals surface area contributed by atoms with Crippen LogP contribution >= 0.6 is 12.2 Å². The minimum absolute atomic E-state index is 0.0350. The van der Waals surface area contributed by atoms with Crippen molar-refractivity contribution >= 4 is 33.9 Å². The molecular formula is C19H22N4OS. The van der Waals surface area contributed by atoms with E-state index in [0.29, 0.717) is 10.5 Å². The molecule has 3 rings (SSSR count). The van der Waals surface area contributed by atoms with Crippen LogP contribution < -0.4 is 16.2 Å². The first kappa shape index (κ1) is 17.2. The number of rotatable bonds is 3. The number of nitrogens with one attached hydrogen (secondary N) is 2. The molecule has 2 N–H and O–H groups in total. The third kappa shape index (κ3) is 3.30. The van der Waals surface area contributed by atoms with Crippen LogP contribution in [-0.2, 0) is 7.05 Å². The second-order valence-corrected chi connectivity index (χ2v) is 6.61. The van der Waals surface area contributed by atoms with E-state index in [0.717, 1.165) is 23.4 Å². The molecule has 5 nitrogen and oxygen atoms in total. The zero-order chi connectivity index (χ0) is 18.1. The quantitative estimate of drug-likeness (QED) is 0.709. The first-order chi connectivity index (χ1) is 11.9. The molecule has 0 saturated carbocycles. The van der Waals surface area contributed by atoms with Gasteiger partial charge in [0.2, 0.25) is 0 Å². The van der Waals surface area contributed by atoms with Gasteiger partial charge in [-0.1, -0.05) is 6.07 Å². The van der Waals surface area contributed by atoms with Gasteiger partial charge >= 0.3 is 0 Å². The highest BCUT2D eigenvalue weighted by molar-refractivity contribution is 7.80. The number of hydrogen-bond donors (Lipinski definition) is 2. The molecule has 0 saturated heterocycles. The molecule has 0 spiro atoms. The smallest absolute Gasteiger partial charge is 0.274 e. The van der Waals surface area contributed by atoms with Gasteiger partial charge in [-0.25, -0.2) is 4.68 Å². The molecule has 1 heterocycles. The average Bonchev–Trinajstić information content (AvgIpc) is 2.78. The maximum atomic E-state index is 12.7. The standard InChI is InChI=1S/C19H22N4OS/c1-5-20-19(25)21-14-6-7-17-16(11-14)18(24)22(4)23(17)15-9-12(2)8-13(3)10-15/h6-11H,5H2,1-4H3,(H2,20,21,25). The lowest BCUT2D eigenvalue weighted by molar-refractivity contribution is 0.655. The van der Waals surface area contributed by atoms with Crippen molar-refractivity contribution in [3.63, 3.8) is 0 Å². The van der Waals surface area contributed by atoms with Crippen LogP contribution in [0, 0.1) is 13.8 Å². The van der Waals surface area contributed by atoms with Crippen molar-refractivity contribution in [1.29, 1.82) is 0 Å². The Morgan fingerprint density at radius 3 is 2.44 bits per heavy atom. The third-order valence-corrected chi connectivity index (χ3v) is 4.34. The lowest BCUT2D eigenvalue weighted by Crippen LogP contribution is -2.27. The molecule has 0 radical (unpaired) electrons. The number of nitrogens with zero attached hydrogens (tertiary/aromatic N) is 2. The zero-order valence-electron chi connectivity index (χ0n) is 14.9. The van der Waals surface area contributed by atoms with E-state index in [1.807, 2.05) is 29.8 Å². The van der Waals surface area contributed by atoms with Crippen molar-refractivity contribution < 1.29 is 0 Å². The Morgan fingerprint density at radius 2 is 1.80 bits per heavy atom. The van der Waals surface area contributed by atoms with Crippen molar-refractivity contribution in [1.82, 2.24) is 14.7 Å². The summed E-state index contributed by atoms with van der Waals surface area (Å²) in [6.45, 7) is 6.85.